The first-order valence-electron chi connectivity index (χ1n) is 21.8. The summed E-state index contributed by atoms with van der Waals surface area (Å²) in [6.45, 7) is 0. The van der Waals surface area contributed by atoms with Crippen LogP contribution in [-0.4, -0.2) is 24.1 Å². The highest BCUT2D eigenvalue weighted by molar-refractivity contribution is 7.22. The normalized spacial score (nSPS) is 11.7. The number of thiophene rings is 1. The van der Waals surface area contributed by atoms with Gasteiger partial charge in [-0.05, 0) is 82.7 Å². The number of hydrogen-bond acceptors (Lipinski definition) is 4. The van der Waals surface area contributed by atoms with Crippen LogP contribution in [0.3, 0.4) is 0 Å². The molecule has 0 aliphatic carbocycles. The van der Waals surface area contributed by atoms with Crippen LogP contribution in [0.15, 0.2) is 224 Å². The Morgan fingerprint density at radius 1 is 0.292 bits per heavy atom. The Labute approximate surface area is 378 Å². The molecule has 13 aromatic rings. The summed E-state index contributed by atoms with van der Waals surface area (Å²) in [4.78, 5) is 17.2. The zero-order valence-electron chi connectivity index (χ0n) is 35.0. The fourth-order valence-electron chi connectivity index (χ4n) is 9.52. The molecule has 0 aliphatic heterocycles. The van der Waals surface area contributed by atoms with Crippen molar-refractivity contribution in [3.63, 3.8) is 0 Å². The number of aromatic nitrogens is 5. The van der Waals surface area contributed by atoms with E-state index in [1.165, 1.54) is 36.5 Å². The van der Waals surface area contributed by atoms with E-state index >= 15 is 0 Å². The van der Waals surface area contributed by atoms with Gasteiger partial charge in [-0.15, -0.1) is 11.3 Å². The topological polar surface area (TPSA) is 48.5 Å². The van der Waals surface area contributed by atoms with Crippen LogP contribution in [0, 0.1) is 0 Å². The molecular weight excluding hydrogens is 811 g/mol. The molecule has 0 fully saturated rings. The average Bonchev–Trinajstić information content (AvgIpc) is 4.07. The van der Waals surface area contributed by atoms with Crippen LogP contribution in [0.1, 0.15) is 0 Å². The number of hydrogen-bond donors (Lipinski definition) is 0. The van der Waals surface area contributed by atoms with Crippen molar-refractivity contribution in [3.05, 3.63) is 224 Å². The third-order valence-corrected chi connectivity index (χ3v) is 13.7. The first-order valence-corrected chi connectivity index (χ1v) is 22.7. The van der Waals surface area contributed by atoms with E-state index in [-0.39, 0.29) is 0 Å². The second-order valence-corrected chi connectivity index (χ2v) is 17.5. The SMILES string of the molecule is c1ccc(-c2cccc(-c3nc(-c4ccc(-c5cc6ccccc6s5)cc4)nc(-c4cc(-n5c6ccccc6c6ccccc65)cc(-n5c6ccccc6c6ccccc65)c4)n3)c2)cc1. The molecule has 13 rings (SSSR count). The third-order valence-electron chi connectivity index (χ3n) is 12.6. The van der Waals surface area contributed by atoms with Crippen molar-refractivity contribution in [2.24, 2.45) is 0 Å². The maximum absolute atomic E-state index is 5.38. The molecule has 0 saturated carbocycles. The second kappa shape index (κ2) is 15.1. The lowest BCUT2D eigenvalue weighted by atomic mass is 10.0. The van der Waals surface area contributed by atoms with Gasteiger partial charge in [0.15, 0.2) is 17.5 Å². The van der Waals surface area contributed by atoms with Crippen molar-refractivity contribution in [2.75, 3.05) is 0 Å². The van der Waals surface area contributed by atoms with Crippen LogP contribution in [0.5, 0.6) is 0 Å². The van der Waals surface area contributed by atoms with E-state index in [1.807, 2.05) is 17.4 Å². The Morgan fingerprint density at radius 3 is 1.31 bits per heavy atom. The Bertz CT molecular complexity index is 3680. The Hall–Kier alpha value is -8.45. The average molecular weight is 848 g/mol. The summed E-state index contributed by atoms with van der Waals surface area (Å²) in [5, 5.41) is 6.07. The van der Waals surface area contributed by atoms with E-state index in [9.17, 15) is 0 Å². The quantitative estimate of drug-likeness (QED) is 0.161. The smallest absolute Gasteiger partial charge is 0.164 e. The monoisotopic (exact) mass is 847 g/mol. The predicted octanol–water partition coefficient (Wildman–Crippen LogP) is 15.6. The Balaban J connectivity index is 1.06. The molecule has 0 N–H and O–H groups in total. The van der Waals surface area contributed by atoms with Gasteiger partial charge >= 0.3 is 0 Å². The summed E-state index contributed by atoms with van der Waals surface area (Å²) in [6, 6.07) is 79.9. The summed E-state index contributed by atoms with van der Waals surface area (Å²) in [5.74, 6) is 1.81. The molecule has 4 aromatic heterocycles. The summed E-state index contributed by atoms with van der Waals surface area (Å²) in [7, 11) is 0. The van der Waals surface area contributed by atoms with Crippen molar-refractivity contribution in [3.8, 4) is 67.1 Å². The van der Waals surface area contributed by atoms with E-state index in [1.54, 1.807) is 0 Å². The van der Waals surface area contributed by atoms with Crippen LogP contribution in [0.2, 0.25) is 0 Å². The minimum Gasteiger partial charge on any atom is -0.309 e. The molecule has 0 bridgehead atoms. The highest BCUT2D eigenvalue weighted by Crippen LogP contribution is 2.39. The maximum Gasteiger partial charge on any atom is 0.164 e. The van der Waals surface area contributed by atoms with Crippen molar-refractivity contribution < 1.29 is 0 Å². The molecule has 304 valence electrons. The van der Waals surface area contributed by atoms with Crippen LogP contribution >= 0.6 is 11.3 Å². The third kappa shape index (κ3) is 6.34. The van der Waals surface area contributed by atoms with Crippen LogP contribution < -0.4 is 0 Å². The Morgan fingerprint density at radius 2 is 0.738 bits per heavy atom. The van der Waals surface area contributed by atoms with E-state index < -0.39 is 0 Å². The molecule has 9 aromatic carbocycles. The van der Waals surface area contributed by atoms with Crippen molar-refractivity contribution >= 4 is 65.0 Å². The lowest BCUT2D eigenvalue weighted by Gasteiger charge is -2.16. The molecule has 0 spiro atoms. The maximum atomic E-state index is 5.38. The van der Waals surface area contributed by atoms with Gasteiger partial charge in [0.1, 0.15) is 0 Å². The number of rotatable bonds is 7. The highest BCUT2D eigenvalue weighted by atomic mass is 32.1. The predicted molar refractivity (Wildman–Crippen MR) is 271 cm³/mol. The van der Waals surface area contributed by atoms with Gasteiger partial charge in [0.05, 0.1) is 22.1 Å². The van der Waals surface area contributed by atoms with E-state index in [0.29, 0.717) is 17.5 Å². The van der Waals surface area contributed by atoms with E-state index in [2.05, 4.69) is 228 Å². The minimum absolute atomic E-state index is 0.591. The number of nitrogens with zero attached hydrogens (tertiary/aromatic N) is 5. The molecule has 6 heteroatoms. The van der Waals surface area contributed by atoms with Gasteiger partial charge in [0, 0.05) is 59.2 Å². The number of para-hydroxylation sites is 4. The summed E-state index contributed by atoms with van der Waals surface area (Å²) in [6.07, 6.45) is 0. The highest BCUT2D eigenvalue weighted by Gasteiger charge is 2.20. The molecule has 0 saturated heterocycles. The van der Waals surface area contributed by atoms with Crippen LogP contribution in [-0.2, 0) is 0 Å². The lowest BCUT2D eigenvalue weighted by molar-refractivity contribution is 1.07. The van der Waals surface area contributed by atoms with Crippen molar-refractivity contribution in [2.45, 2.75) is 0 Å². The van der Waals surface area contributed by atoms with Gasteiger partial charge in [-0.2, -0.15) is 0 Å². The zero-order valence-corrected chi connectivity index (χ0v) is 35.8. The first-order chi connectivity index (χ1) is 32.2. The van der Waals surface area contributed by atoms with E-state index in [4.69, 9.17) is 15.0 Å². The summed E-state index contributed by atoms with van der Waals surface area (Å²) in [5.41, 5.74) is 12.7. The molecule has 65 heavy (non-hydrogen) atoms. The molecule has 0 atom stereocenters. The van der Waals surface area contributed by atoms with Crippen LogP contribution in [0.25, 0.3) is 121 Å². The molecule has 4 heterocycles. The molecule has 0 amide bonds. The summed E-state index contributed by atoms with van der Waals surface area (Å²) >= 11 is 1.81. The van der Waals surface area contributed by atoms with Gasteiger partial charge in [-0.1, -0.05) is 164 Å². The zero-order chi connectivity index (χ0) is 42.8. The molecule has 5 nitrogen and oxygen atoms in total. The largest absolute Gasteiger partial charge is 0.309 e. The molecule has 0 unspecified atom stereocenters. The lowest BCUT2D eigenvalue weighted by Crippen LogP contribution is -2.03. The fraction of sp³-hybridized carbons (Fsp3) is 0. The van der Waals surface area contributed by atoms with E-state index in [0.717, 1.165) is 66.8 Å². The van der Waals surface area contributed by atoms with Crippen molar-refractivity contribution in [1.82, 2.24) is 24.1 Å². The molecule has 0 aliphatic rings. The number of benzene rings is 9. The molecular formula is C59H37N5S. The molecule has 0 radical (unpaired) electrons. The van der Waals surface area contributed by atoms with Crippen molar-refractivity contribution in [1.29, 1.82) is 0 Å². The van der Waals surface area contributed by atoms with Gasteiger partial charge in [-0.3, -0.25) is 0 Å². The fourth-order valence-corrected chi connectivity index (χ4v) is 10.6. The first kappa shape index (κ1) is 37.1. The Kier molecular flexibility index (Phi) is 8.64. The minimum atomic E-state index is 0.591. The standard InChI is InChI=1S/C59H37N5S/c1-2-15-38(16-3-1)41-18-14-19-43(33-41)58-60-57(40-31-29-39(30-32-40)56-36-42-17-4-13-28-55(42)65-56)61-59(62-58)44-34-45(63-51-24-9-5-20-47(51)48-21-6-10-25-52(48)63)37-46(35-44)64-53-26-11-7-22-49(53)50-23-8-12-27-54(50)64/h1-37H. The second-order valence-electron chi connectivity index (χ2n) is 16.5. The van der Waals surface area contributed by atoms with Gasteiger partial charge in [0.2, 0.25) is 0 Å². The van der Waals surface area contributed by atoms with Gasteiger partial charge < -0.3 is 9.13 Å². The van der Waals surface area contributed by atoms with Gasteiger partial charge in [0.25, 0.3) is 0 Å². The van der Waals surface area contributed by atoms with Gasteiger partial charge in [-0.25, -0.2) is 15.0 Å². The summed E-state index contributed by atoms with van der Waals surface area (Å²) < 4.78 is 6.04. The number of fused-ring (bicyclic) bond motifs is 7. The van der Waals surface area contributed by atoms with Crippen LogP contribution in [0.4, 0.5) is 0 Å².